The lowest BCUT2D eigenvalue weighted by atomic mass is 10.1. The highest BCUT2D eigenvalue weighted by molar-refractivity contribution is 8.00. The normalized spacial score (nSPS) is 11.8. The van der Waals surface area contributed by atoms with E-state index in [1.165, 1.54) is 23.5 Å². The number of aromatic nitrogens is 3. The van der Waals surface area contributed by atoms with E-state index in [1.807, 2.05) is 5.38 Å². The van der Waals surface area contributed by atoms with Gasteiger partial charge >= 0.3 is 11.9 Å². The van der Waals surface area contributed by atoms with Crippen LogP contribution in [0.4, 0.5) is 10.9 Å². The number of unbranched alkanes of at least 4 members (excludes halogenated alkanes) is 3. The average Bonchev–Trinajstić information content (AvgIpc) is 3.23. The summed E-state index contributed by atoms with van der Waals surface area (Å²) in [4.78, 5) is 35.8. The molecule has 0 saturated carbocycles. The van der Waals surface area contributed by atoms with Crippen LogP contribution in [-0.2, 0) is 4.79 Å². The molecule has 0 fully saturated rings. The third kappa shape index (κ3) is 7.41. The molecule has 174 valence electrons. The van der Waals surface area contributed by atoms with Gasteiger partial charge in [-0.2, -0.15) is 0 Å². The predicted octanol–water partition coefficient (Wildman–Crippen LogP) is 6.21. The highest BCUT2D eigenvalue weighted by Gasteiger charge is 2.21. The van der Waals surface area contributed by atoms with Gasteiger partial charge in [-0.3, -0.25) is 4.79 Å². The Bertz CT molecular complexity index is 1110. The number of carbonyl (C=O) groups is 2. The van der Waals surface area contributed by atoms with Gasteiger partial charge in [-0.05, 0) is 18.6 Å². The van der Waals surface area contributed by atoms with Crippen LogP contribution in [0, 0.1) is 0 Å². The molecule has 8 nitrogen and oxygen atoms in total. The molecular formula is C22H23ClN4O4S2. The highest BCUT2D eigenvalue weighted by atomic mass is 35.5. The lowest BCUT2D eigenvalue weighted by molar-refractivity contribution is -0.136. The van der Waals surface area contributed by atoms with Crippen LogP contribution in [0.2, 0.25) is 5.15 Å². The Balaban J connectivity index is 1.69. The van der Waals surface area contributed by atoms with E-state index in [0.717, 1.165) is 43.0 Å². The number of nitrogens with zero attached hydrogens (tertiary/aromatic N) is 3. The summed E-state index contributed by atoms with van der Waals surface area (Å²) in [5.74, 6) is -1.47. The number of aliphatic carboxylic acids is 1. The maximum Gasteiger partial charge on any atom is 0.335 e. The number of thiazole rings is 1. The van der Waals surface area contributed by atoms with Crippen molar-refractivity contribution in [2.45, 2.75) is 49.4 Å². The van der Waals surface area contributed by atoms with E-state index in [9.17, 15) is 14.7 Å². The summed E-state index contributed by atoms with van der Waals surface area (Å²) in [6, 6.07) is 8.00. The van der Waals surface area contributed by atoms with Gasteiger partial charge in [-0.1, -0.05) is 68.1 Å². The fraction of sp³-hybridized carbons (Fsp3) is 0.318. The van der Waals surface area contributed by atoms with Crippen LogP contribution in [-0.4, -0.2) is 42.4 Å². The number of thioether (sulfide) groups is 1. The number of carboxylic acid groups (broad SMARTS) is 2. The molecule has 0 amide bonds. The summed E-state index contributed by atoms with van der Waals surface area (Å²) >= 11 is 8.59. The Morgan fingerprint density at radius 3 is 2.55 bits per heavy atom. The van der Waals surface area contributed by atoms with Crippen molar-refractivity contribution in [1.82, 2.24) is 15.0 Å². The summed E-state index contributed by atoms with van der Waals surface area (Å²) in [6.07, 6.45) is 4.53. The number of aromatic carboxylic acids is 1. The van der Waals surface area contributed by atoms with Crippen LogP contribution < -0.4 is 5.32 Å². The zero-order valence-electron chi connectivity index (χ0n) is 17.8. The fourth-order valence-electron chi connectivity index (χ4n) is 2.99. The van der Waals surface area contributed by atoms with Crippen molar-refractivity contribution in [3.05, 3.63) is 46.4 Å². The Kier molecular flexibility index (Phi) is 9.04. The summed E-state index contributed by atoms with van der Waals surface area (Å²) in [5, 5.41) is 23.9. The van der Waals surface area contributed by atoms with Gasteiger partial charge in [0.2, 0.25) is 0 Å². The molecule has 0 aliphatic rings. The van der Waals surface area contributed by atoms with E-state index in [-0.39, 0.29) is 15.9 Å². The second kappa shape index (κ2) is 12.0. The maximum absolute atomic E-state index is 11.7. The smallest absolute Gasteiger partial charge is 0.335 e. The Labute approximate surface area is 204 Å². The van der Waals surface area contributed by atoms with Crippen LogP contribution in [0.15, 0.2) is 40.9 Å². The number of anilines is 2. The van der Waals surface area contributed by atoms with E-state index in [4.69, 9.17) is 16.7 Å². The predicted molar refractivity (Wildman–Crippen MR) is 131 cm³/mol. The van der Waals surface area contributed by atoms with Crippen LogP contribution in [0.25, 0.3) is 11.3 Å². The van der Waals surface area contributed by atoms with Gasteiger partial charge in [0.25, 0.3) is 0 Å². The summed E-state index contributed by atoms with van der Waals surface area (Å²) in [7, 11) is 0. The zero-order chi connectivity index (χ0) is 23.8. The number of carboxylic acids is 2. The molecule has 3 rings (SSSR count). The third-order valence-electron chi connectivity index (χ3n) is 4.68. The van der Waals surface area contributed by atoms with Gasteiger partial charge in [0.05, 0.1) is 11.3 Å². The first-order valence-electron chi connectivity index (χ1n) is 10.4. The van der Waals surface area contributed by atoms with Crippen molar-refractivity contribution in [3.63, 3.8) is 0 Å². The summed E-state index contributed by atoms with van der Waals surface area (Å²) in [5.41, 5.74) is 1.68. The van der Waals surface area contributed by atoms with Gasteiger partial charge in [0.1, 0.15) is 16.2 Å². The Morgan fingerprint density at radius 1 is 1.12 bits per heavy atom. The second-order valence-corrected chi connectivity index (χ2v) is 9.61. The SMILES string of the molecule is CCCCCCC(Sc1nc(Cl)cc(Nc2nc(-c3ccc(C(=O)O)cc3)cs2)n1)C(=O)O. The Hall–Kier alpha value is -2.69. The minimum Gasteiger partial charge on any atom is -0.480 e. The molecule has 0 aliphatic carbocycles. The van der Waals surface area contributed by atoms with Crippen LogP contribution in [0.5, 0.6) is 0 Å². The summed E-state index contributed by atoms with van der Waals surface area (Å²) in [6.45, 7) is 2.11. The largest absolute Gasteiger partial charge is 0.480 e. The zero-order valence-corrected chi connectivity index (χ0v) is 20.2. The first kappa shape index (κ1) is 24.9. The van der Waals surface area contributed by atoms with Crippen molar-refractivity contribution in [3.8, 4) is 11.3 Å². The molecule has 1 atom stereocenters. The van der Waals surface area contributed by atoms with E-state index < -0.39 is 17.2 Å². The molecule has 1 aromatic carbocycles. The molecule has 33 heavy (non-hydrogen) atoms. The second-order valence-electron chi connectivity index (χ2n) is 7.20. The molecule has 3 aromatic rings. The fourth-order valence-corrected chi connectivity index (χ4v) is 4.89. The first-order valence-corrected chi connectivity index (χ1v) is 12.5. The monoisotopic (exact) mass is 506 g/mol. The molecular weight excluding hydrogens is 484 g/mol. The highest BCUT2D eigenvalue weighted by Crippen LogP contribution is 2.30. The molecule has 0 saturated heterocycles. The van der Waals surface area contributed by atoms with Gasteiger partial charge in [-0.25, -0.2) is 19.7 Å². The molecule has 0 bridgehead atoms. The number of hydrogen-bond acceptors (Lipinski definition) is 8. The van der Waals surface area contributed by atoms with Crippen molar-refractivity contribution >= 4 is 57.6 Å². The van der Waals surface area contributed by atoms with Crippen molar-refractivity contribution in [2.24, 2.45) is 0 Å². The number of halogens is 1. The van der Waals surface area contributed by atoms with Crippen molar-refractivity contribution < 1.29 is 19.8 Å². The lowest BCUT2D eigenvalue weighted by Gasteiger charge is -2.12. The maximum atomic E-state index is 11.7. The number of hydrogen-bond donors (Lipinski definition) is 3. The Morgan fingerprint density at radius 2 is 1.88 bits per heavy atom. The average molecular weight is 507 g/mol. The molecule has 3 N–H and O–H groups in total. The van der Waals surface area contributed by atoms with E-state index >= 15 is 0 Å². The van der Waals surface area contributed by atoms with Gasteiger partial charge in [-0.15, -0.1) is 11.3 Å². The third-order valence-corrected chi connectivity index (χ3v) is 6.75. The summed E-state index contributed by atoms with van der Waals surface area (Å²) < 4.78 is 0. The number of benzene rings is 1. The number of nitrogens with one attached hydrogen (secondary N) is 1. The molecule has 0 aliphatic heterocycles. The van der Waals surface area contributed by atoms with Crippen LogP contribution in [0.3, 0.4) is 0 Å². The minimum absolute atomic E-state index is 0.200. The molecule has 2 heterocycles. The molecule has 11 heteroatoms. The standard InChI is InChI=1S/C22H23ClN4O4S2/c1-2-3-4-5-6-16(20(30)31)33-22-25-17(23)11-18(27-22)26-21-24-15(12-32-21)13-7-9-14(10-8-13)19(28)29/h7-12,16H,2-6H2,1H3,(H,28,29)(H,30,31)(H,24,25,26,27). The lowest BCUT2D eigenvalue weighted by Crippen LogP contribution is -2.17. The van der Waals surface area contributed by atoms with Gasteiger partial charge in [0.15, 0.2) is 10.3 Å². The molecule has 0 spiro atoms. The van der Waals surface area contributed by atoms with Crippen molar-refractivity contribution in [1.29, 1.82) is 0 Å². The van der Waals surface area contributed by atoms with Crippen molar-refractivity contribution in [2.75, 3.05) is 5.32 Å². The van der Waals surface area contributed by atoms with E-state index in [1.54, 1.807) is 18.2 Å². The van der Waals surface area contributed by atoms with E-state index in [0.29, 0.717) is 23.1 Å². The number of rotatable bonds is 12. The topological polar surface area (TPSA) is 125 Å². The first-order chi connectivity index (χ1) is 15.9. The van der Waals surface area contributed by atoms with Gasteiger partial charge in [0, 0.05) is 17.0 Å². The van der Waals surface area contributed by atoms with Gasteiger partial charge < -0.3 is 15.5 Å². The molecule has 2 aromatic heterocycles. The quantitative estimate of drug-likeness (QED) is 0.114. The minimum atomic E-state index is -0.984. The molecule has 0 radical (unpaired) electrons. The van der Waals surface area contributed by atoms with Crippen LogP contribution >= 0.6 is 34.7 Å². The van der Waals surface area contributed by atoms with E-state index in [2.05, 4.69) is 27.2 Å². The molecule has 1 unspecified atom stereocenters. The van der Waals surface area contributed by atoms with Crippen LogP contribution in [0.1, 0.15) is 49.4 Å².